The number of para-hydroxylation sites is 1. The number of carboxylic acids is 1. The van der Waals surface area contributed by atoms with E-state index < -0.39 is 23.5 Å². The van der Waals surface area contributed by atoms with E-state index in [-0.39, 0.29) is 6.42 Å². The first-order chi connectivity index (χ1) is 8.70. The number of benzene rings is 1. The van der Waals surface area contributed by atoms with Gasteiger partial charge in [-0.1, -0.05) is 18.2 Å². The van der Waals surface area contributed by atoms with Crippen LogP contribution in [0.3, 0.4) is 0 Å². The molecule has 0 aliphatic rings. The van der Waals surface area contributed by atoms with Crippen molar-refractivity contribution in [2.75, 3.05) is 5.73 Å². The normalized spacial score (nSPS) is 12.8. The Balaban J connectivity index is 2.88. The van der Waals surface area contributed by atoms with E-state index in [9.17, 15) is 9.59 Å². The Morgan fingerprint density at radius 1 is 1.32 bits per heavy atom. The molecule has 0 fully saturated rings. The molecule has 1 aromatic carbocycles. The van der Waals surface area contributed by atoms with Gasteiger partial charge in [0, 0.05) is 5.69 Å². The molecule has 0 saturated heterocycles. The van der Waals surface area contributed by atoms with Gasteiger partial charge in [-0.15, -0.1) is 0 Å². The number of nitrogens with two attached hydrogens (primary N) is 1. The highest BCUT2D eigenvalue weighted by Crippen LogP contribution is 2.19. The summed E-state index contributed by atoms with van der Waals surface area (Å²) in [5.41, 5.74) is 6.13. The molecule has 104 valence electrons. The van der Waals surface area contributed by atoms with Gasteiger partial charge in [-0.05, 0) is 38.8 Å². The van der Waals surface area contributed by atoms with Gasteiger partial charge in [-0.2, -0.15) is 0 Å². The monoisotopic (exact) mass is 265 g/mol. The van der Waals surface area contributed by atoms with Crippen LogP contribution in [-0.4, -0.2) is 22.6 Å². The zero-order valence-electron chi connectivity index (χ0n) is 11.3. The molecule has 1 unspecified atom stereocenters. The molecule has 0 saturated carbocycles. The fourth-order valence-corrected chi connectivity index (χ4v) is 1.58. The lowest BCUT2D eigenvalue weighted by atomic mass is 9.98. The van der Waals surface area contributed by atoms with Crippen molar-refractivity contribution in [3.8, 4) is 0 Å². The number of hydrogen-bond donors (Lipinski definition) is 2. The average Bonchev–Trinajstić information content (AvgIpc) is 2.24. The highest BCUT2D eigenvalue weighted by Gasteiger charge is 2.31. The van der Waals surface area contributed by atoms with E-state index in [1.807, 2.05) is 0 Å². The summed E-state index contributed by atoms with van der Waals surface area (Å²) < 4.78 is 5.11. The Bertz CT molecular complexity index is 477. The third-order valence-corrected chi connectivity index (χ3v) is 2.47. The number of carboxylic acid groups (broad SMARTS) is 1. The summed E-state index contributed by atoms with van der Waals surface area (Å²) in [4.78, 5) is 23.1. The van der Waals surface area contributed by atoms with Gasteiger partial charge in [0.2, 0.25) is 0 Å². The largest absolute Gasteiger partial charge is 0.481 e. The molecule has 0 bridgehead atoms. The molecule has 0 heterocycles. The molecule has 0 aromatic heterocycles. The fraction of sp³-hybridized carbons (Fsp3) is 0.429. The number of rotatable bonds is 4. The van der Waals surface area contributed by atoms with Gasteiger partial charge in [0.05, 0.1) is 0 Å². The van der Waals surface area contributed by atoms with Crippen molar-refractivity contribution in [2.45, 2.75) is 32.8 Å². The van der Waals surface area contributed by atoms with Crippen molar-refractivity contribution in [3.63, 3.8) is 0 Å². The minimum Gasteiger partial charge on any atom is -0.481 e. The molecule has 19 heavy (non-hydrogen) atoms. The minimum absolute atomic E-state index is 0.0247. The van der Waals surface area contributed by atoms with Gasteiger partial charge in [0.15, 0.2) is 5.92 Å². The Morgan fingerprint density at radius 2 is 1.89 bits per heavy atom. The standard InChI is InChI=1S/C14H19NO4/c1-14(2,3)19-13(18)10(12(16)17)8-9-6-4-5-7-11(9)15/h4-7,10H,8,15H2,1-3H3,(H,16,17). The Hall–Kier alpha value is -2.04. The maximum Gasteiger partial charge on any atom is 0.321 e. The van der Waals surface area contributed by atoms with Crippen LogP contribution in [-0.2, 0) is 20.7 Å². The van der Waals surface area contributed by atoms with Gasteiger partial charge >= 0.3 is 11.9 Å². The Morgan fingerprint density at radius 3 is 2.37 bits per heavy atom. The van der Waals surface area contributed by atoms with Crippen molar-refractivity contribution < 1.29 is 19.4 Å². The van der Waals surface area contributed by atoms with Crippen molar-refractivity contribution in [2.24, 2.45) is 5.92 Å². The third-order valence-electron chi connectivity index (χ3n) is 2.47. The summed E-state index contributed by atoms with van der Waals surface area (Å²) in [6, 6.07) is 6.88. The maximum atomic E-state index is 11.9. The molecule has 5 heteroatoms. The zero-order chi connectivity index (χ0) is 14.6. The molecule has 1 atom stereocenters. The number of nitrogen functional groups attached to an aromatic ring is 1. The molecular formula is C14H19NO4. The lowest BCUT2D eigenvalue weighted by molar-refractivity contribution is -0.166. The topological polar surface area (TPSA) is 89.6 Å². The number of esters is 1. The molecule has 0 radical (unpaired) electrons. The molecule has 0 amide bonds. The van der Waals surface area contributed by atoms with E-state index in [4.69, 9.17) is 15.6 Å². The van der Waals surface area contributed by atoms with Crippen molar-refractivity contribution >= 4 is 17.6 Å². The van der Waals surface area contributed by atoms with E-state index in [2.05, 4.69) is 0 Å². The molecule has 3 N–H and O–H groups in total. The van der Waals surface area contributed by atoms with Crippen LogP contribution in [0.4, 0.5) is 5.69 Å². The molecule has 5 nitrogen and oxygen atoms in total. The summed E-state index contributed by atoms with van der Waals surface area (Å²) in [6.07, 6.45) is 0.0247. The summed E-state index contributed by atoms with van der Waals surface area (Å²) >= 11 is 0. The van der Waals surface area contributed by atoms with E-state index in [1.54, 1.807) is 45.0 Å². The first kappa shape index (κ1) is 15.0. The van der Waals surface area contributed by atoms with E-state index in [1.165, 1.54) is 0 Å². The zero-order valence-corrected chi connectivity index (χ0v) is 11.3. The maximum absolute atomic E-state index is 11.9. The summed E-state index contributed by atoms with van der Waals surface area (Å²) in [6.45, 7) is 5.09. The number of ether oxygens (including phenoxy) is 1. The van der Waals surface area contributed by atoms with Gasteiger partial charge in [0.1, 0.15) is 5.60 Å². The van der Waals surface area contributed by atoms with Crippen molar-refractivity contribution in [1.82, 2.24) is 0 Å². The first-order valence-electron chi connectivity index (χ1n) is 6.00. The number of anilines is 1. The second-order valence-electron chi connectivity index (χ2n) is 5.33. The number of hydrogen-bond acceptors (Lipinski definition) is 4. The van der Waals surface area contributed by atoms with Crippen molar-refractivity contribution in [1.29, 1.82) is 0 Å². The summed E-state index contributed by atoms with van der Waals surface area (Å²) in [7, 11) is 0. The van der Waals surface area contributed by atoms with Crippen LogP contribution in [0.25, 0.3) is 0 Å². The van der Waals surface area contributed by atoms with E-state index >= 15 is 0 Å². The van der Waals surface area contributed by atoms with Crippen LogP contribution in [0.1, 0.15) is 26.3 Å². The smallest absolute Gasteiger partial charge is 0.321 e. The van der Waals surface area contributed by atoms with Crippen LogP contribution < -0.4 is 5.73 Å². The predicted octanol–water partition coefficient (Wildman–Crippen LogP) is 1.85. The van der Waals surface area contributed by atoms with E-state index in [0.717, 1.165) is 0 Å². The van der Waals surface area contributed by atoms with Gasteiger partial charge in [0.25, 0.3) is 0 Å². The predicted molar refractivity (Wildman–Crippen MR) is 71.5 cm³/mol. The number of aliphatic carboxylic acids is 1. The van der Waals surface area contributed by atoms with Crippen LogP contribution in [0.15, 0.2) is 24.3 Å². The first-order valence-corrected chi connectivity index (χ1v) is 6.00. The lowest BCUT2D eigenvalue weighted by Gasteiger charge is -2.22. The van der Waals surface area contributed by atoms with Crippen molar-refractivity contribution in [3.05, 3.63) is 29.8 Å². The van der Waals surface area contributed by atoms with E-state index in [0.29, 0.717) is 11.3 Å². The highest BCUT2D eigenvalue weighted by atomic mass is 16.6. The lowest BCUT2D eigenvalue weighted by Crippen LogP contribution is -2.34. The summed E-state index contributed by atoms with van der Waals surface area (Å²) in [5, 5.41) is 9.15. The average molecular weight is 265 g/mol. The SMILES string of the molecule is CC(C)(C)OC(=O)C(Cc1ccccc1N)C(=O)O. The number of carbonyl (C=O) groups is 2. The second kappa shape index (κ2) is 5.73. The Labute approximate surface area is 112 Å². The number of carbonyl (C=O) groups excluding carboxylic acids is 1. The van der Waals surface area contributed by atoms with Crippen LogP contribution in [0.2, 0.25) is 0 Å². The van der Waals surface area contributed by atoms with Gasteiger partial charge in [-0.25, -0.2) is 0 Å². The minimum atomic E-state index is -1.25. The third kappa shape index (κ3) is 4.62. The highest BCUT2D eigenvalue weighted by molar-refractivity contribution is 5.94. The molecule has 0 aliphatic heterocycles. The van der Waals surface area contributed by atoms with Gasteiger partial charge < -0.3 is 15.6 Å². The van der Waals surface area contributed by atoms with Gasteiger partial charge in [-0.3, -0.25) is 9.59 Å². The summed E-state index contributed by atoms with van der Waals surface area (Å²) in [5.74, 6) is -3.20. The fourth-order valence-electron chi connectivity index (χ4n) is 1.58. The van der Waals surface area contributed by atoms with Crippen LogP contribution in [0, 0.1) is 5.92 Å². The second-order valence-corrected chi connectivity index (χ2v) is 5.33. The molecule has 0 aliphatic carbocycles. The quantitative estimate of drug-likeness (QED) is 0.492. The molecule has 1 rings (SSSR count). The molecule has 1 aromatic rings. The molecular weight excluding hydrogens is 246 g/mol. The van der Waals surface area contributed by atoms with Crippen LogP contribution >= 0.6 is 0 Å². The Kier molecular flexibility index (Phi) is 4.53. The molecule has 0 spiro atoms. The van der Waals surface area contributed by atoms with Crippen LogP contribution in [0.5, 0.6) is 0 Å².